The molecule has 9 atom stereocenters. The minimum atomic E-state index is -1.22. The van der Waals surface area contributed by atoms with Crippen LogP contribution in [0, 0.1) is 35.5 Å². The number of aliphatic hydroxyl groups is 3. The Morgan fingerprint density at radius 3 is 2.46 bits per heavy atom. The standard InChI is InChI=1S/C29H38N2O6/c1-3-17-14-19-15-18-8-4-7-11-23(35)30-13-12-22(34)27-28(36)26(29(37)31-27)21(33)10-6-5-9-20(32)25(18)24(19)16(17)2/h4-11,16-20,22,24-25,27,32-34H,3,12-15H2,1-2H3,(H,30,35)(H,31,37)/b8-4+,9-5+,10-6-,11-7+,26-21?/t16-,17?,18-,19?,20+,22-,24?,25+,27?/m0/s1. The van der Waals surface area contributed by atoms with Crippen LogP contribution in [0.2, 0.25) is 0 Å². The summed E-state index contributed by atoms with van der Waals surface area (Å²) in [6.07, 6.45) is 14.5. The van der Waals surface area contributed by atoms with Crippen molar-refractivity contribution >= 4 is 17.6 Å². The van der Waals surface area contributed by atoms with Gasteiger partial charge in [0, 0.05) is 12.6 Å². The van der Waals surface area contributed by atoms with E-state index in [4.69, 9.17) is 0 Å². The summed E-state index contributed by atoms with van der Waals surface area (Å²) in [4.78, 5) is 37.2. The molecule has 0 aromatic carbocycles. The summed E-state index contributed by atoms with van der Waals surface area (Å²) in [5.74, 6) is 0.00864. The number of fused-ring (bicyclic) bond motifs is 5. The van der Waals surface area contributed by atoms with E-state index >= 15 is 0 Å². The summed E-state index contributed by atoms with van der Waals surface area (Å²) in [6, 6.07) is -1.19. The van der Waals surface area contributed by atoms with Crippen LogP contribution in [0.5, 0.6) is 0 Å². The van der Waals surface area contributed by atoms with Gasteiger partial charge in [-0.25, -0.2) is 0 Å². The van der Waals surface area contributed by atoms with E-state index in [-0.39, 0.29) is 30.7 Å². The molecule has 2 amide bonds. The Morgan fingerprint density at radius 2 is 1.70 bits per heavy atom. The molecular weight excluding hydrogens is 472 g/mol. The van der Waals surface area contributed by atoms with E-state index < -0.39 is 41.3 Å². The molecule has 5 N–H and O–H groups in total. The normalized spacial score (nSPS) is 42.4. The smallest absolute Gasteiger partial charge is 0.259 e. The maximum atomic E-state index is 12.7. The number of hydrogen-bond acceptors (Lipinski definition) is 6. The zero-order valence-corrected chi connectivity index (χ0v) is 21.4. The maximum Gasteiger partial charge on any atom is 0.259 e. The first-order valence-corrected chi connectivity index (χ1v) is 13.3. The highest BCUT2D eigenvalue weighted by atomic mass is 16.3. The first-order chi connectivity index (χ1) is 17.7. The molecule has 4 aliphatic rings. The van der Waals surface area contributed by atoms with Gasteiger partial charge in [0.15, 0.2) is 5.78 Å². The molecule has 2 heterocycles. The number of allylic oxidation sites excluding steroid dienone is 6. The Kier molecular flexibility index (Phi) is 8.49. The minimum absolute atomic E-state index is 0.0293. The van der Waals surface area contributed by atoms with Gasteiger partial charge in [0.1, 0.15) is 17.4 Å². The molecule has 1 saturated heterocycles. The van der Waals surface area contributed by atoms with Gasteiger partial charge < -0.3 is 26.0 Å². The number of hydrogen-bond donors (Lipinski definition) is 5. The van der Waals surface area contributed by atoms with Crippen molar-refractivity contribution in [3.63, 3.8) is 0 Å². The van der Waals surface area contributed by atoms with Crippen LogP contribution in [0.3, 0.4) is 0 Å². The van der Waals surface area contributed by atoms with Gasteiger partial charge in [0.2, 0.25) is 5.91 Å². The summed E-state index contributed by atoms with van der Waals surface area (Å²) in [5, 5.41) is 37.1. The molecule has 2 aliphatic heterocycles. The van der Waals surface area contributed by atoms with E-state index in [0.29, 0.717) is 23.7 Å². The average molecular weight is 511 g/mol. The highest BCUT2D eigenvalue weighted by Gasteiger charge is 2.52. The van der Waals surface area contributed by atoms with E-state index in [1.807, 2.05) is 6.08 Å². The van der Waals surface area contributed by atoms with E-state index in [1.165, 1.54) is 24.6 Å². The predicted molar refractivity (Wildman–Crippen MR) is 139 cm³/mol. The Labute approximate surface area is 217 Å². The zero-order valence-electron chi connectivity index (χ0n) is 21.4. The maximum absolute atomic E-state index is 12.7. The molecule has 0 spiro atoms. The van der Waals surface area contributed by atoms with Crippen LogP contribution in [-0.4, -0.2) is 57.7 Å². The van der Waals surface area contributed by atoms with Gasteiger partial charge in [0.25, 0.3) is 5.91 Å². The Balaban J connectivity index is 1.62. The fraction of sp³-hybridized carbons (Fsp3) is 0.552. The zero-order chi connectivity index (χ0) is 26.7. The van der Waals surface area contributed by atoms with Crippen LogP contribution in [0.25, 0.3) is 0 Å². The first kappa shape index (κ1) is 27.1. The van der Waals surface area contributed by atoms with Crippen molar-refractivity contribution in [3.8, 4) is 0 Å². The number of Topliss-reactive ketones (excluding diaryl/α,β-unsaturated/α-hetero) is 1. The number of rotatable bonds is 1. The third kappa shape index (κ3) is 5.65. The van der Waals surface area contributed by atoms with E-state index in [9.17, 15) is 29.7 Å². The molecule has 4 rings (SSSR count). The SMILES string of the molecule is CCC1CC2C[C@@H]3/C=C/C=C/C(=O)NCC[C@H](O)C4NC(=O)C(=C(O)/C=C\C=C\[C@@H](O)[C@@H]3C2[C@H]1C)C4=O. The lowest BCUT2D eigenvalue weighted by Crippen LogP contribution is -2.42. The van der Waals surface area contributed by atoms with E-state index in [0.717, 1.165) is 12.8 Å². The number of amides is 2. The average Bonchev–Trinajstić information content (AvgIpc) is 3.48. The van der Waals surface area contributed by atoms with Crippen molar-refractivity contribution in [2.24, 2.45) is 35.5 Å². The van der Waals surface area contributed by atoms with Crippen LogP contribution in [-0.2, 0) is 14.4 Å². The Hall–Kier alpha value is -2.97. The lowest BCUT2D eigenvalue weighted by Gasteiger charge is -2.30. The van der Waals surface area contributed by atoms with E-state index in [2.05, 4.69) is 30.6 Å². The summed E-state index contributed by atoms with van der Waals surface area (Å²) < 4.78 is 0. The highest BCUT2D eigenvalue weighted by Crippen LogP contribution is 2.57. The molecule has 2 aliphatic carbocycles. The molecule has 200 valence electrons. The second-order valence-corrected chi connectivity index (χ2v) is 10.8. The molecule has 0 aromatic heterocycles. The van der Waals surface area contributed by atoms with Gasteiger partial charge in [-0.3, -0.25) is 14.4 Å². The molecule has 0 radical (unpaired) electrons. The summed E-state index contributed by atoms with van der Waals surface area (Å²) in [7, 11) is 0. The third-order valence-corrected chi connectivity index (χ3v) is 8.75. The number of carbonyl (C=O) groups excluding carboxylic acids is 3. The Bertz CT molecular complexity index is 1060. The van der Waals surface area contributed by atoms with Crippen molar-refractivity contribution < 1.29 is 29.7 Å². The summed E-state index contributed by atoms with van der Waals surface area (Å²) in [6.45, 7) is 4.63. The molecule has 37 heavy (non-hydrogen) atoms. The molecule has 3 fully saturated rings. The molecule has 2 bridgehead atoms. The van der Waals surface area contributed by atoms with Crippen LogP contribution < -0.4 is 10.6 Å². The number of ketones is 1. The van der Waals surface area contributed by atoms with Gasteiger partial charge in [0.05, 0.1) is 12.2 Å². The molecule has 4 unspecified atom stereocenters. The van der Waals surface area contributed by atoms with Crippen LogP contribution in [0.4, 0.5) is 0 Å². The molecule has 8 heteroatoms. The van der Waals surface area contributed by atoms with Crippen molar-refractivity contribution in [2.45, 2.75) is 57.8 Å². The second kappa shape index (κ2) is 11.6. The monoisotopic (exact) mass is 510 g/mol. The topological polar surface area (TPSA) is 136 Å². The predicted octanol–water partition coefficient (Wildman–Crippen LogP) is 2.27. The van der Waals surface area contributed by atoms with E-state index in [1.54, 1.807) is 18.2 Å². The van der Waals surface area contributed by atoms with Gasteiger partial charge in [-0.2, -0.15) is 0 Å². The summed E-state index contributed by atoms with van der Waals surface area (Å²) in [5.41, 5.74) is -0.412. The lowest BCUT2D eigenvalue weighted by molar-refractivity contribution is -0.118. The number of aliphatic hydroxyl groups excluding tert-OH is 3. The van der Waals surface area contributed by atoms with Crippen LogP contribution in [0.1, 0.15) is 39.5 Å². The Morgan fingerprint density at radius 1 is 0.973 bits per heavy atom. The second-order valence-electron chi connectivity index (χ2n) is 10.8. The van der Waals surface area contributed by atoms with Crippen LogP contribution in [0.15, 0.2) is 59.9 Å². The van der Waals surface area contributed by atoms with Gasteiger partial charge in [-0.15, -0.1) is 0 Å². The van der Waals surface area contributed by atoms with Crippen molar-refractivity contribution in [2.75, 3.05) is 6.54 Å². The lowest BCUT2D eigenvalue weighted by atomic mass is 9.76. The van der Waals surface area contributed by atoms with Crippen molar-refractivity contribution in [1.82, 2.24) is 10.6 Å². The minimum Gasteiger partial charge on any atom is -0.507 e. The fourth-order valence-corrected chi connectivity index (χ4v) is 6.96. The van der Waals surface area contributed by atoms with Gasteiger partial charge in [-0.05, 0) is 60.8 Å². The van der Waals surface area contributed by atoms with Crippen molar-refractivity contribution in [1.29, 1.82) is 0 Å². The summed E-state index contributed by atoms with van der Waals surface area (Å²) >= 11 is 0. The van der Waals surface area contributed by atoms with Gasteiger partial charge in [-0.1, -0.05) is 56.7 Å². The highest BCUT2D eigenvalue weighted by molar-refractivity contribution is 6.27. The third-order valence-electron chi connectivity index (χ3n) is 8.75. The number of nitrogens with one attached hydrogen (secondary N) is 2. The molecule has 2 saturated carbocycles. The molecular formula is C29H38N2O6. The van der Waals surface area contributed by atoms with Crippen LogP contribution >= 0.6 is 0 Å². The largest absolute Gasteiger partial charge is 0.507 e. The fourth-order valence-electron chi connectivity index (χ4n) is 6.96. The first-order valence-electron chi connectivity index (χ1n) is 13.3. The van der Waals surface area contributed by atoms with Gasteiger partial charge >= 0.3 is 0 Å². The quantitative estimate of drug-likeness (QED) is 0.344. The molecule has 8 nitrogen and oxygen atoms in total. The molecule has 0 aromatic rings. The van der Waals surface area contributed by atoms with Crippen molar-refractivity contribution in [3.05, 3.63) is 59.9 Å². The number of carbonyl (C=O) groups is 3.